The number of anilines is 1. The maximum Gasteiger partial charge on any atom is 0.255 e. The standard InChI is InChI=1S/C23H17NO3/c25-20-10-6-18-15-22(13-9-17(18)14-20)27-21-11-7-16(8-12-21)23(26)24-19-4-2-1-3-5-19/h1-15,25H,(H,24,26). The van der Waals surface area contributed by atoms with Gasteiger partial charge in [0.25, 0.3) is 5.91 Å². The van der Waals surface area contributed by atoms with E-state index >= 15 is 0 Å². The Morgan fingerprint density at radius 1 is 0.741 bits per heavy atom. The van der Waals surface area contributed by atoms with E-state index in [1.807, 2.05) is 54.6 Å². The molecule has 0 fully saturated rings. The number of hydrogen-bond donors (Lipinski definition) is 2. The minimum absolute atomic E-state index is 0.168. The molecule has 4 aromatic rings. The van der Waals surface area contributed by atoms with Crippen molar-refractivity contribution in [3.05, 3.63) is 96.6 Å². The van der Waals surface area contributed by atoms with Gasteiger partial charge in [-0.15, -0.1) is 0 Å². The molecule has 0 aliphatic heterocycles. The van der Waals surface area contributed by atoms with Crippen LogP contribution in [0, 0.1) is 0 Å². The van der Waals surface area contributed by atoms with Crippen LogP contribution in [0.3, 0.4) is 0 Å². The number of phenols is 1. The summed E-state index contributed by atoms with van der Waals surface area (Å²) in [4.78, 5) is 12.3. The molecule has 27 heavy (non-hydrogen) atoms. The predicted octanol–water partition coefficient (Wildman–Crippen LogP) is 5.59. The van der Waals surface area contributed by atoms with Crippen LogP contribution in [0.2, 0.25) is 0 Å². The zero-order chi connectivity index (χ0) is 18.6. The fraction of sp³-hybridized carbons (Fsp3) is 0. The molecule has 0 unspecified atom stereocenters. The van der Waals surface area contributed by atoms with E-state index in [1.54, 1.807) is 36.4 Å². The van der Waals surface area contributed by atoms with E-state index in [9.17, 15) is 9.90 Å². The number of carbonyl (C=O) groups excluding carboxylic acids is 1. The second-order valence-electron chi connectivity index (χ2n) is 6.14. The molecule has 4 heteroatoms. The number of nitrogens with one attached hydrogen (secondary N) is 1. The summed E-state index contributed by atoms with van der Waals surface area (Å²) in [7, 11) is 0. The van der Waals surface area contributed by atoms with Crippen molar-refractivity contribution < 1.29 is 14.6 Å². The van der Waals surface area contributed by atoms with Crippen molar-refractivity contribution in [1.82, 2.24) is 0 Å². The molecule has 0 atom stereocenters. The summed E-state index contributed by atoms with van der Waals surface area (Å²) in [6.45, 7) is 0. The maximum absolute atomic E-state index is 12.3. The summed E-state index contributed by atoms with van der Waals surface area (Å²) in [5.41, 5.74) is 1.31. The van der Waals surface area contributed by atoms with Crippen LogP contribution < -0.4 is 10.1 Å². The van der Waals surface area contributed by atoms with Crippen LogP contribution in [0.5, 0.6) is 17.2 Å². The van der Waals surface area contributed by atoms with Gasteiger partial charge in [-0.2, -0.15) is 0 Å². The largest absolute Gasteiger partial charge is 0.508 e. The van der Waals surface area contributed by atoms with Gasteiger partial charge in [-0.05, 0) is 71.4 Å². The number of amides is 1. The van der Waals surface area contributed by atoms with Gasteiger partial charge in [-0.3, -0.25) is 4.79 Å². The highest BCUT2D eigenvalue weighted by Gasteiger charge is 2.07. The lowest BCUT2D eigenvalue weighted by atomic mass is 10.1. The molecule has 0 bridgehead atoms. The molecule has 0 aliphatic carbocycles. The SMILES string of the molecule is O=C(Nc1ccccc1)c1ccc(Oc2ccc3cc(O)ccc3c2)cc1. The first-order chi connectivity index (χ1) is 13.2. The van der Waals surface area contributed by atoms with Gasteiger partial charge in [0.2, 0.25) is 0 Å². The molecule has 0 saturated heterocycles. The third kappa shape index (κ3) is 3.90. The second kappa shape index (κ2) is 7.22. The van der Waals surface area contributed by atoms with Gasteiger partial charge in [0.1, 0.15) is 17.2 Å². The third-order valence-corrected chi connectivity index (χ3v) is 4.18. The van der Waals surface area contributed by atoms with Crippen LogP contribution in [0.4, 0.5) is 5.69 Å². The average molecular weight is 355 g/mol. The van der Waals surface area contributed by atoms with E-state index < -0.39 is 0 Å². The van der Waals surface area contributed by atoms with Crippen molar-refractivity contribution in [1.29, 1.82) is 0 Å². The van der Waals surface area contributed by atoms with E-state index in [1.165, 1.54) is 0 Å². The number of carbonyl (C=O) groups is 1. The fourth-order valence-electron chi connectivity index (χ4n) is 2.81. The molecule has 0 radical (unpaired) electrons. The van der Waals surface area contributed by atoms with Crippen molar-refractivity contribution in [2.45, 2.75) is 0 Å². The van der Waals surface area contributed by atoms with E-state index in [4.69, 9.17) is 4.74 Å². The summed E-state index contributed by atoms with van der Waals surface area (Å²) >= 11 is 0. The molecule has 4 nitrogen and oxygen atoms in total. The van der Waals surface area contributed by atoms with E-state index in [0.29, 0.717) is 17.1 Å². The zero-order valence-corrected chi connectivity index (χ0v) is 14.4. The maximum atomic E-state index is 12.3. The monoisotopic (exact) mass is 355 g/mol. The summed E-state index contributed by atoms with van der Waals surface area (Å²) in [6, 6.07) is 27.2. The van der Waals surface area contributed by atoms with Crippen molar-refractivity contribution in [3.8, 4) is 17.2 Å². The summed E-state index contributed by atoms with van der Waals surface area (Å²) in [5, 5.41) is 14.3. The second-order valence-corrected chi connectivity index (χ2v) is 6.14. The quantitative estimate of drug-likeness (QED) is 0.502. The van der Waals surface area contributed by atoms with Gasteiger partial charge in [0.05, 0.1) is 0 Å². The number of hydrogen-bond acceptors (Lipinski definition) is 3. The van der Waals surface area contributed by atoms with Gasteiger partial charge in [0.15, 0.2) is 0 Å². The van der Waals surface area contributed by atoms with Crippen LogP contribution >= 0.6 is 0 Å². The molecular weight excluding hydrogens is 338 g/mol. The Balaban J connectivity index is 1.47. The van der Waals surface area contributed by atoms with Crippen LogP contribution in [-0.4, -0.2) is 11.0 Å². The Bertz CT molecular complexity index is 1090. The number of fused-ring (bicyclic) bond motifs is 1. The molecule has 1 amide bonds. The summed E-state index contributed by atoms with van der Waals surface area (Å²) in [5.74, 6) is 1.40. The molecule has 0 heterocycles. The first-order valence-corrected chi connectivity index (χ1v) is 8.54. The Hall–Kier alpha value is -3.79. The minimum Gasteiger partial charge on any atom is -0.508 e. The van der Waals surface area contributed by atoms with Crippen molar-refractivity contribution in [3.63, 3.8) is 0 Å². The normalized spacial score (nSPS) is 10.5. The topological polar surface area (TPSA) is 58.6 Å². The van der Waals surface area contributed by atoms with Crippen molar-refractivity contribution >= 4 is 22.4 Å². The predicted molar refractivity (Wildman–Crippen MR) is 107 cm³/mol. The van der Waals surface area contributed by atoms with Crippen molar-refractivity contribution in [2.75, 3.05) is 5.32 Å². The number of ether oxygens (including phenoxy) is 1. The van der Waals surface area contributed by atoms with Gasteiger partial charge >= 0.3 is 0 Å². The minimum atomic E-state index is -0.168. The number of para-hydroxylation sites is 1. The third-order valence-electron chi connectivity index (χ3n) is 4.18. The van der Waals surface area contributed by atoms with Crippen LogP contribution in [-0.2, 0) is 0 Å². The van der Waals surface area contributed by atoms with Crippen LogP contribution in [0.15, 0.2) is 91.0 Å². The van der Waals surface area contributed by atoms with Crippen LogP contribution in [0.25, 0.3) is 10.8 Å². The lowest BCUT2D eigenvalue weighted by molar-refractivity contribution is 0.102. The molecule has 2 N–H and O–H groups in total. The molecule has 132 valence electrons. The number of rotatable bonds is 4. The smallest absolute Gasteiger partial charge is 0.255 e. The van der Waals surface area contributed by atoms with Gasteiger partial charge in [0, 0.05) is 11.3 Å². The van der Waals surface area contributed by atoms with E-state index in [2.05, 4.69) is 5.32 Å². The average Bonchev–Trinajstić information content (AvgIpc) is 2.69. The van der Waals surface area contributed by atoms with E-state index in [-0.39, 0.29) is 11.7 Å². The Morgan fingerprint density at radius 3 is 2.19 bits per heavy atom. The lowest BCUT2D eigenvalue weighted by Crippen LogP contribution is -2.11. The van der Waals surface area contributed by atoms with Gasteiger partial charge < -0.3 is 15.2 Å². The Kier molecular flexibility index (Phi) is 4.45. The molecular formula is C23H17NO3. The highest BCUT2D eigenvalue weighted by atomic mass is 16.5. The first-order valence-electron chi connectivity index (χ1n) is 8.54. The highest BCUT2D eigenvalue weighted by Crippen LogP contribution is 2.27. The lowest BCUT2D eigenvalue weighted by Gasteiger charge is -2.09. The van der Waals surface area contributed by atoms with Gasteiger partial charge in [-0.1, -0.05) is 30.3 Å². The Labute approximate surface area is 156 Å². The van der Waals surface area contributed by atoms with E-state index in [0.717, 1.165) is 16.5 Å². The fourth-order valence-corrected chi connectivity index (χ4v) is 2.81. The van der Waals surface area contributed by atoms with Crippen LogP contribution in [0.1, 0.15) is 10.4 Å². The molecule has 0 aliphatic rings. The molecule has 4 aromatic carbocycles. The number of aromatic hydroxyl groups is 1. The summed E-state index contributed by atoms with van der Waals surface area (Å²) < 4.78 is 5.88. The molecule has 0 saturated carbocycles. The molecule has 4 rings (SSSR count). The molecule has 0 aromatic heterocycles. The first kappa shape index (κ1) is 16.7. The summed E-state index contributed by atoms with van der Waals surface area (Å²) in [6.07, 6.45) is 0. The molecule has 0 spiro atoms. The highest BCUT2D eigenvalue weighted by molar-refractivity contribution is 6.04. The number of phenolic OH excluding ortho intramolecular Hbond substituents is 1. The zero-order valence-electron chi connectivity index (χ0n) is 14.4. The Morgan fingerprint density at radius 2 is 1.41 bits per heavy atom. The van der Waals surface area contributed by atoms with Crippen molar-refractivity contribution in [2.24, 2.45) is 0 Å². The van der Waals surface area contributed by atoms with Gasteiger partial charge in [-0.25, -0.2) is 0 Å². The number of benzene rings is 4.